The zero-order chi connectivity index (χ0) is 9.80. The summed E-state index contributed by atoms with van der Waals surface area (Å²) in [6, 6.07) is 5.02. The smallest absolute Gasteiger partial charge is 0.0419 e. The Kier molecular flexibility index (Phi) is 3.14. The van der Waals surface area contributed by atoms with Crippen LogP contribution >= 0.6 is 0 Å². The normalized spacial score (nSPS) is 21.4. The molecule has 0 bridgehead atoms. The fraction of sp³-hybridized carbons (Fsp3) is 0.583. The van der Waals surface area contributed by atoms with Crippen molar-refractivity contribution in [2.75, 3.05) is 6.54 Å². The second kappa shape index (κ2) is 4.56. The third-order valence-electron chi connectivity index (χ3n) is 2.91. The van der Waals surface area contributed by atoms with Gasteiger partial charge in [-0.25, -0.2) is 0 Å². The molecule has 1 N–H and O–H groups in total. The lowest BCUT2D eigenvalue weighted by Crippen LogP contribution is -2.24. The van der Waals surface area contributed by atoms with E-state index in [4.69, 9.17) is 0 Å². The van der Waals surface area contributed by atoms with Crippen molar-refractivity contribution in [2.45, 2.75) is 38.6 Å². The molecule has 2 nitrogen and oxygen atoms in total. The first kappa shape index (κ1) is 9.66. The van der Waals surface area contributed by atoms with Crippen LogP contribution in [0.5, 0.6) is 0 Å². The first-order chi connectivity index (χ1) is 6.88. The molecule has 0 unspecified atom stereocenters. The van der Waals surface area contributed by atoms with Crippen molar-refractivity contribution in [3.05, 3.63) is 29.6 Å². The molecule has 0 amide bonds. The number of rotatable bonds is 3. The Labute approximate surface area is 85.7 Å². The number of nitrogens with zero attached hydrogens (tertiary/aromatic N) is 1. The van der Waals surface area contributed by atoms with Crippen molar-refractivity contribution in [1.82, 2.24) is 10.3 Å². The molecule has 1 aliphatic rings. The van der Waals surface area contributed by atoms with Gasteiger partial charge < -0.3 is 5.32 Å². The summed E-state index contributed by atoms with van der Waals surface area (Å²) in [6.07, 6.45) is 6.79. The number of nitrogens with one attached hydrogen (secondary N) is 1. The van der Waals surface area contributed by atoms with Gasteiger partial charge in [-0.3, -0.25) is 4.98 Å². The summed E-state index contributed by atoms with van der Waals surface area (Å²) in [5, 5.41) is 3.49. The molecule has 2 heterocycles. The average Bonchev–Trinajstić information content (AvgIpc) is 2.72. The van der Waals surface area contributed by atoms with Crippen LogP contribution in [0.2, 0.25) is 0 Å². The predicted octanol–water partition coefficient (Wildman–Crippen LogP) is 1.94. The number of hydrogen-bond donors (Lipinski definition) is 1. The molecule has 0 aromatic carbocycles. The molecule has 0 aliphatic carbocycles. The van der Waals surface area contributed by atoms with Gasteiger partial charge in [-0.2, -0.15) is 0 Å². The maximum Gasteiger partial charge on any atom is 0.0419 e. The first-order valence-corrected chi connectivity index (χ1v) is 5.55. The zero-order valence-electron chi connectivity index (χ0n) is 8.79. The Hall–Kier alpha value is -0.890. The highest BCUT2D eigenvalue weighted by Crippen LogP contribution is 2.11. The van der Waals surface area contributed by atoms with Gasteiger partial charge >= 0.3 is 0 Å². The van der Waals surface area contributed by atoms with Gasteiger partial charge in [0.25, 0.3) is 0 Å². The highest BCUT2D eigenvalue weighted by molar-refractivity contribution is 5.14. The minimum absolute atomic E-state index is 0.662. The molecular formula is C12H18N2. The number of aromatic nitrogens is 1. The summed E-state index contributed by atoms with van der Waals surface area (Å²) in [4.78, 5) is 4.47. The van der Waals surface area contributed by atoms with Gasteiger partial charge in [0.1, 0.15) is 0 Å². The SMILES string of the molecule is CCc1ccc(C[C@@H]2CCCN2)nc1. The fourth-order valence-electron chi connectivity index (χ4n) is 1.97. The number of hydrogen-bond acceptors (Lipinski definition) is 2. The molecule has 1 saturated heterocycles. The van der Waals surface area contributed by atoms with E-state index in [1.807, 2.05) is 6.20 Å². The third-order valence-corrected chi connectivity index (χ3v) is 2.91. The van der Waals surface area contributed by atoms with Crippen LogP contribution in [0.15, 0.2) is 18.3 Å². The van der Waals surface area contributed by atoms with Crippen LogP contribution < -0.4 is 5.32 Å². The topological polar surface area (TPSA) is 24.9 Å². The minimum Gasteiger partial charge on any atom is -0.314 e. The van der Waals surface area contributed by atoms with Crippen molar-refractivity contribution in [1.29, 1.82) is 0 Å². The Morgan fingerprint density at radius 1 is 1.50 bits per heavy atom. The van der Waals surface area contributed by atoms with Crippen LogP contribution in [0.1, 0.15) is 31.0 Å². The molecule has 2 heteroatoms. The van der Waals surface area contributed by atoms with Crippen molar-refractivity contribution < 1.29 is 0 Å². The molecule has 0 spiro atoms. The Morgan fingerprint density at radius 3 is 3.00 bits per heavy atom. The summed E-state index contributed by atoms with van der Waals surface area (Å²) in [7, 11) is 0. The van der Waals surface area contributed by atoms with E-state index >= 15 is 0 Å². The second-order valence-corrected chi connectivity index (χ2v) is 4.01. The molecule has 14 heavy (non-hydrogen) atoms. The van der Waals surface area contributed by atoms with Crippen molar-refractivity contribution in [3.63, 3.8) is 0 Å². The molecule has 0 radical (unpaired) electrons. The number of pyridine rings is 1. The van der Waals surface area contributed by atoms with E-state index in [9.17, 15) is 0 Å². The molecule has 76 valence electrons. The average molecular weight is 190 g/mol. The van der Waals surface area contributed by atoms with Gasteiger partial charge in [0.15, 0.2) is 0 Å². The highest BCUT2D eigenvalue weighted by Gasteiger charge is 2.14. The van der Waals surface area contributed by atoms with Gasteiger partial charge in [0.2, 0.25) is 0 Å². The van der Waals surface area contributed by atoms with Crippen LogP contribution in [0, 0.1) is 0 Å². The Bertz CT molecular complexity index is 273. The maximum atomic E-state index is 4.47. The first-order valence-electron chi connectivity index (χ1n) is 5.55. The van der Waals surface area contributed by atoms with Crippen LogP contribution in [-0.2, 0) is 12.8 Å². The molecule has 2 rings (SSSR count). The van der Waals surface area contributed by atoms with Gasteiger partial charge in [-0.05, 0) is 37.4 Å². The molecule has 1 aliphatic heterocycles. The molecule has 1 fully saturated rings. The van der Waals surface area contributed by atoms with Gasteiger partial charge in [0.05, 0.1) is 0 Å². The quantitative estimate of drug-likeness (QED) is 0.788. The van der Waals surface area contributed by atoms with Gasteiger partial charge in [-0.15, -0.1) is 0 Å². The summed E-state index contributed by atoms with van der Waals surface area (Å²) in [6.45, 7) is 3.34. The van der Waals surface area contributed by atoms with E-state index in [1.54, 1.807) is 0 Å². The van der Waals surface area contributed by atoms with Crippen LogP contribution in [0.25, 0.3) is 0 Å². The molecule has 1 atom stereocenters. The van der Waals surface area contributed by atoms with Gasteiger partial charge in [-0.1, -0.05) is 13.0 Å². The summed E-state index contributed by atoms with van der Waals surface area (Å²) >= 11 is 0. The molecule has 1 aromatic heterocycles. The Morgan fingerprint density at radius 2 is 2.43 bits per heavy atom. The zero-order valence-corrected chi connectivity index (χ0v) is 8.79. The van der Waals surface area contributed by atoms with Crippen molar-refractivity contribution >= 4 is 0 Å². The Balaban J connectivity index is 1.95. The van der Waals surface area contributed by atoms with Crippen LogP contribution in [-0.4, -0.2) is 17.6 Å². The van der Waals surface area contributed by atoms with Crippen molar-refractivity contribution in [2.24, 2.45) is 0 Å². The lowest BCUT2D eigenvalue weighted by atomic mass is 10.1. The summed E-state index contributed by atoms with van der Waals surface area (Å²) in [5.41, 5.74) is 2.55. The minimum atomic E-state index is 0.662. The standard InChI is InChI=1S/C12H18N2/c1-2-10-5-6-12(14-9-10)8-11-4-3-7-13-11/h5-6,9,11,13H,2-4,7-8H2,1H3/t11-/m0/s1. The predicted molar refractivity (Wildman–Crippen MR) is 58.3 cm³/mol. The lowest BCUT2D eigenvalue weighted by molar-refractivity contribution is 0.595. The van der Waals surface area contributed by atoms with E-state index in [0.717, 1.165) is 12.8 Å². The molecular weight excluding hydrogens is 172 g/mol. The van der Waals surface area contributed by atoms with Crippen molar-refractivity contribution in [3.8, 4) is 0 Å². The van der Waals surface area contributed by atoms with E-state index in [2.05, 4.69) is 29.4 Å². The fourth-order valence-corrected chi connectivity index (χ4v) is 1.97. The van der Waals surface area contributed by atoms with E-state index in [-0.39, 0.29) is 0 Å². The second-order valence-electron chi connectivity index (χ2n) is 4.01. The summed E-state index contributed by atoms with van der Waals surface area (Å²) < 4.78 is 0. The van der Waals surface area contributed by atoms with Crippen LogP contribution in [0.3, 0.4) is 0 Å². The van der Waals surface area contributed by atoms with Gasteiger partial charge in [0, 0.05) is 24.4 Å². The van der Waals surface area contributed by atoms with E-state index in [0.29, 0.717) is 6.04 Å². The van der Waals surface area contributed by atoms with E-state index < -0.39 is 0 Å². The summed E-state index contributed by atoms with van der Waals surface area (Å²) in [5.74, 6) is 0. The highest BCUT2D eigenvalue weighted by atomic mass is 14.9. The number of aryl methyl sites for hydroxylation is 1. The lowest BCUT2D eigenvalue weighted by Gasteiger charge is -2.09. The maximum absolute atomic E-state index is 4.47. The van der Waals surface area contributed by atoms with Crippen LogP contribution in [0.4, 0.5) is 0 Å². The third kappa shape index (κ3) is 2.32. The largest absolute Gasteiger partial charge is 0.314 e. The molecule has 1 aromatic rings. The monoisotopic (exact) mass is 190 g/mol. The van der Waals surface area contributed by atoms with E-state index in [1.165, 1.54) is 30.6 Å². The molecule has 0 saturated carbocycles.